The van der Waals surface area contributed by atoms with Crippen molar-refractivity contribution in [1.29, 1.82) is 0 Å². The number of rotatable bonds is 11. The number of nitrogens with two attached hydrogens (primary N) is 1. The third-order valence-corrected chi connectivity index (χ3v) is 2.67. The Morgan fingerprint density at radius 2 is 1.85 bits per heavy atom. The van der Waals surface area contributed by atoms with Crippen LogP contribution in [0.4, 0.5) is 0 Å². The van der Waals surface area contributed by atoms with Gasteiger partial charge in [-0.25, -0.2) is 0 Å². The lowest BCUT2D eigenvalue weighted by Gasteiger charge is -2.13. The van der Waals surface area contributed by atoms with Crippen LogP contribution in [0.1, 0.15) is 18.9 Å². The molecule has 0 aliphatic carbocycles. The van der Waals surface area contributed by atoms with Crippen molar-refractivity contribution in [3.63, 3.8) is 0 Å². The Kier molecular flexibility index (Phi) is 8.78. The van der Waals surface area contributed by atoms with E-state index in [1.165, 1.54) is 0 Å². The molecule has 0 heterocycles. The number of benzene rings is 1. The molecule has 0 saturated heterocycles. The molecule has 1 aromatic rings. The van der Waals surface area contributed by atoms with Gasteiger partial charge < -0.3 is 24.7 Å². The van der Waals surface area contributed by atoms with E-state index in [4.69, 9.17) is 24.7 Å². The monoisotopic (exact) mass is 283 g/mol. The highest BCUT2D eigenvalue weighted by Gasteiger charge is 2.05. The van der Waals surface area contributed by atoms with Gasteiger partial charge in [0.2, 0.25) is 0 Å². The number of ether oxygens (including phenoxy) is 4. The molecule has 0 amide bonds. The van der Waals surface area contributed by atoms with E-state index in [2.05, 4.69) is 0 Å². The highest BCUT2D eigenvalue weighted by molar-refractivity contribution is 5.43. The van der Waals surface area contributed by atoms with Crippen molar-refractivity contribution < 1.29 is 18.9 Å². The first kappa shape index (κ1) is 16.8. The number of methoxy groups -OCH3 is 1. The Morgan fingerprint density at radius 3 is 2.55 bits per heavy atom. The van der Waals surface area contributed by atoms with Gasteiger partial charge in [-0.3, -0.25) is 0 Å². The average molecular weight is 283 g/mol. The first-order valence-electron chi connectivity index (χ1n) is 6.97. The predicted octanol–water partition coefficient (Wildman–Crippen LogP) is 1.98. The third-order valence-electron chi connectivity index (χ3n) is 2.67. The second-order valence-electron chi connectivity index (χ2n) is 4.23. The summed E-state index contributed by atoms with van der Waals surface area (Å²) in [6.07, 6.45) is 0.895. The molecule has 5 nitrogen and oxygen atoms in total. The maximum atomic E-state index is 5.67. The first-order chi connectivity index (χ1) is 9.81. The van der Waals surface area contributed by atoms with Gasteiger partial charge in [-0.2, -0.15) is 0 Å². The summed E-state index contributed by atoms with van der Waals surface area (Å²) in [6.45, 7) is 5.47. The van der Waals surface area contributed by atoms with E-state index in [0.717, 1.165) is 30.1 Å². The maximum absolute atomic E-state index is 5.67. The fraction of sp³-hybridized carbons (Fsp3) is 0.600. The Labute approximate surface area is 121 Å². The van der Waals surface area contributed by atoms with Gasteiger partial charge in [-0.1, -0.05) is 6.07 Å². The second kappa shape index (κ2) is 10.5. The molecule has 1 aromatic carbocycles. The minimum absolute atomic E-state index is 0.489. The molecule has 0 spiro atoms. The smallest absolute Gasteiger partial charge is 0.161 e. The van der Waals surface area contributed by atoms with E-state index in [-0.39, 0.29) is 0 Å². The zero-order chi connectivity index (χ0) is 14.6. The molecule has 0 saturated carbocycles. The first-order valence-corrected chi connectivity index (χ1v) is 6.97. The average Bonchev–Trinajstić information content (AvgIpc) is 2.47. The lowest BCUT2D eigenvalue weighted by Crippen LogP contribution is -2.09. The molecule has 0 radical (unpaired) electrons. The van der Waals surface area contributed by atoms with E-state index in [1.807, 2.05) is 25.1 Å². The molecule has 0 aromatic heterocycles. The van der Waals surface area contributed by atoms with Crippen LogP contribution < -0.4 is 15.2 Å². The van der Waals surface area contributed by atoms with Gasteiger partial charge in [0.25, 0.3) is 0 Å². The van der Waals surface area contributed by atoms with Crippen LogP contribution in [0.3, 0.4) is 0 Å². The third kappa shape index (κ3) is 6.23. The van der Waals surface area contributed by atoms with Crippen LogP contribution in [0.2, 0.25) is 0 Å². The summed E-state index contributed by atoms with van der Waals surface area (Å²) in [5.41, 5.74) is 6.64. The molecular formula is C15H25NO4. The van der Waals surface area contributed by atoms with Crippen LogP contribution in [-0.4, -0.2) is 40.1 Å². The zero-order valence-corrected chi connectivity index (χ0v) is 12.4. The summed E-state index contributed by atoms with van der Waals surface area (Å²) in [7, 11) is 1.68. The normalized spacial score (nSPS) is 10.6. The Bertz CT molecular complexity index is 371. The van der Waals surface area contributed by atoms with Crippen molar-refractivity contribution in [3.05, 3.63) is 23.8 Å². The van der Waals surface area contributed by atoms with E-state index in [0.29, 0.717) is 33.0 Å². The molecule has 0 aliphatic rings. The van der Waals surface area contributed by atoms with E-state index >= 15 is 0 Å². The maximum Gasteiger partial charge on any atom is 0.161 e. The molecule has 0 fully saturated rings. The van der Waals surface area contributed by atoms with Crippen LogP contribution >= 0.6 is 0 Å². The summed E-state index contributed by atoms with van der Waals surface area (Å²) in [5, 5.41) is 0. The minimum atomic E-state index is 0.489. The molecule has 2 N–H and O–H groups in total. The number of hydrogen-bond acceptors (Lipinski definition) is 5. The molecule has 0 atom stereocenters. The van der Waals surface area contributed by atoms with Crippen molar-refractivity contribution in [2.75, 3.05) is 40.1 Å². The lowest BCUT2D eigenvalue weighted by atomic mass is 10.2. The van der Waals surface area contributed by atoms with E-state index in [1.54, 1.807) is 7.11 Å². The minimum Gasteiger partial charge on any atom is -0.490 e. The molecule has 0 unspecified atom stereocenters. The van der Waals surface area contributed by atoms with Crippen LogP contribution in [0.5, 0.6) is 11.5 Å². The van der Waals surface area contributed by atoms with Crippen molar-refractivity contribution >= 4 is 0 Å². The summed E-state index contributed by atoms with van der Waals surface area (Å²) < 4.78 is 21.6. The second-order valence-corrected chi connectivity index (χ2v) is 4.23. The molecule has 5 heteroatoms. The molecule has 0 aliphatic heterocycles. The summed E-state index contributed by atoms with van der Waals surface area (Å²) >= 11 is 0. The van der Waals surface area contributed by atoms with Crippen LogP contribution in [0.25, 0.3) is 0 Å². The lowest BCUT2D eigenvalue weighted by molar-refractivity contribution is 0.0798. The van der Waals surface area contributed by atoms with Crippen LogP contribution in [0.15, 0.2) is 18.2 Å². The zero-order valence-electron chi connectivity index (χ0n) is 12.4. The van der Waals surface area contributed by atoms with Gasteiger partial charge in [0.05, 0.1) is 13.2 Å². The quantitative estimate of drug-likeness (QED) is 0.629. The van der Waals surface area contributed by atoms with Crippen molar-refractivity contribution in [3.8, 4) is 11.5 Å². The number of hydrogen-bond donors (Lipinski definition) is 1. The van der Waals surface area contributed by atoms with Crippen molar-refractivity contribution in [1.82, 2.24) is 0 Å². The van der Waals surface area contributed by atoms with E-state index in [9.17, 15) is 0 Å². The van der Waals surface area contributed by atoms with Gasteiger partial charge in [0, 0.05) is 26.9 Å². The fourth-order valence-corrected chi connectivity index (χ4v) is 1.68. The molecule has 1 rings (SSSR count). The summed E-state index contributed by atoms with van der Waals surface area (Å²) in [4.78, 5) is 0. The Hall–Kier alpha value is -1.30. The van der Waals surface area contributed by atoms with Crippen LogP contribution in [0, 0.1) is 0 Å². The largest absolute Gasteiger partial charge is 0.490 e. The summed E-state index contributed by atoms with van der Waals surface area (Å²) in [6, 6.07) is 5.74. The highest BCUT2D eigenvalue weighted by atomic mass is 16.5. The van der Waals surface area contributed by atoms with Crippen LogP contribution in [-0.2, 0) is 16.0 Å². The topological polar surface area (TPSA) is 62.9 Å². The Balaban J connectivity index is 2.35. The van der Waals surface area contributed by atoms with E-state index < -0.39 is 0 Å². The summed E-state index contributed by atoms with van der Waals surface area (Å²) in [5.74, 6) is 1.46. The molecular weight excluding hydrogens is 258 g/mol. The predicted molar refractivity (Wildman–Crippen MR) is 78.3 cm³/mol. The SMILES string of the molecule is CCOc1cc(CN)ccc1OCCOCCCOC. The molecule has 20 heavy (non-hydrogen) atoms. The molecule has 114 valence electrons. The standard InChI is InChI=1S/C15H25NO4/c1-3-19-15-11-13(12-16)5-6-14(15)20-10-9-18-8-4-7-17-2/h5-6,11H,3-4,7-10,12,16H2,1-2H3. The molecule has 0 bridgehead atoms. The van der Waals surface area contributed by atoms with Crippen molar-refractivity contribution in [2.45, 2.75) is 19.9 Å². The van der Waals surface area contributed by atoms with Gasteiger partial charge in [-0.15, -0.1) is 0 Å². The van der Waals surface area contributed by atoms with Gasteiger partial charge in [-0.05, 0) is 31.0 Å². The highest BCUT2D eigenvalue weighted by Crippen LogP contribution is 2.28. The van der Waals surface area contributed by atoms with Gasteiger partial charge in [0.1, 0.15) is 6.61 Å². The van der Waals surface area contributed by atoms with Gasteiger partial charge in [0.15, 0.2) is 11.5 Å². The fourth-order valence-electron chi connectivity index (χ4n) is 1.68. The van der Waals surface area contributed by atoms with Crippen molar-refractivity contribution in [2.24, 2.45) is 5.73 Å². The Morgan fingerprint density at radius 1 is 1.00 bits per heavy atom. The van der Waals surface area contributed by atoms with Gasteiger partial charge >= 0.3 is 0 Å².